The summed E-state index contributed by atoms with van der Waals surface area (Å²) >= 11 is 0. The lowest BCUT2D eigenvalue weighted by Gasteiger charge is -2.35. The fraction of sp³-hybridized carbons (Fsp3) is 0.481. The van der Waals surface area contributed by atoms with E-state index in [4.69, 9.17) is 9.47 Å². The third kappa shape index (κ3) is 5.04. The zero-order valence-electron chi connectivity index (χ0n) is 21.3. The second kappa shape index (κ2) is 10.3. The van der Waals surface area contributed by atoms with Crippen LogP contribution in [0.3, 0.4) is 0 Å². The van der Waals surface area contributed by atoms with Gasteiger partial charge < -0.3 is 19.7 Å². The molecule has 2 saturated heterocycles. The number of aryl methyl sites for hydroxylation is 1. The lowest BCUT2D eigenvalue weighted by atomic mass is 9.96. The summed E-state index contributed by atoms with van der Waals surface area (Å²) in [5, 5.41) is 2.87. The number of anilines is 2. The molecule has 37 heavy (non-hydrogen) atoms. The van der Waals surface area contributed by atoms with Crippen molar-refractivity contribution in [2.75, 3.05) is 43.0 Å². The van der Waals surface area contributed by atoms with E-state index in [0.717, 1.165) is 24.8 Å². The standard InChI is InChI=1S/C27H33N3O6S/c1-3-35-27(32)19-9-13-29(14-10-19)22-17-24-20(16-25(22)37(33,34)30-11-5-4-6-12-30)26(31)28-21-15-18(2)7-8-23(21)36-24/h7-8,15-17,19H,3-6,9-14H2,1-2H3,(H,28,31). The molecule has 3 aliphatic rings. The van der Waals surface area contributed by atoms with Crippen molar-refractivity contribution in [3.8, 4) is 11.5 Å². The molecule has 0 aromatic heterocycles. The maximum Gasteiger partial charge on any atom is 0.309 e. The summed E-state index contributed by atoms with van der Waals surface area (Å²) < 4.78 is 40.7. The first kappa shape index (κ1) is 25.5. The van der Waals surface area contributed by atoms with E-state index in [9.17, 15) is 18.0 Å². The van der Waals surface area contributed by atoms with E-state index in [0.29, 0.717) is 68.5 Å². The van der Waals surface area contributed by atoms with Crippen LogP contribution in [0, 0.1) is 12.8 Å². The Bertz CT molecular complexity index is 1310. The highest BCUT2D eigenvalue weighted by Gasteiger charge is 2.35. The van der Waals surface area contributed by atoms with Gasteiger partial charge in [0.2, 0.25) is 10.0 Å². The lowest BCUT2D eigenvalue weighted by Crippen LogP contribution is -2.40. The van der Waals surface area contributed by atoms with Gasteiger partial charge in [0.05, 0.1) is 29.5 Å². The van der Waals surface area contributed by atoms with Gasteiger partial charge in [-0.05, 0) is 63.3 Å². The van der Waals surface area contributed by atoms with Gasteiger partial charge in [-0.3, -0.25) is 9.59 Å². The summed E-state index contributed by atoms with van der Waals surface area (Å²) in [7, 11) is -3.86. The minimum absolute atomic E-state index is 0.101. The fourth-order valence-corrected chi connectivity index (χ4v) is 7.00. The quantitative estimate of drug-likeness (QED) is 0.578. The molecular weight excluding hydrogens is 494 g/mol. The van der Waals surface area contributed by atoms with Crippen LogP contribution in [0.1, 0.15) is 54.9 Å². The van der Waals surface area contributed by atoms with E-state index in [1.807, 2.05) is 24.0 Å². The number of nitrogens with zero attached hydrogens (tertiary/aromatic N) is 2. The van der Waals surface area contributed by atoms with E-state index in [2.05, 4.69) is 5.32 Å². The number of hydrogen-bond acceptors (Lipinski definition) is 7. The number of amides is 1. The second-order valence-corrected chi connectivity index (χ2v) is 11.8. The first-order chi connectivity index (χ1) is 17.8. The number of benzene rings is 2. The van der Waals surface area contributed by atoms with E-state index >= 15 is 0 Å². The maximum atomic E-state index is 13.9. The first-order valence-electron chi connectivity index (χ1n) is 13.0. The van der Waals surface area contributed by atoms with Gasteiger partial charge in [-0.15, -0.1) is 0 Å². The number of nitrogens with one attached hydrogen (secondary N) is 1. The maximum absolute atomic E-state index is 13.9. The van der Waals surface area contributed by atoms with Crippen molar-refractivity contribution in [1.29, 1.82) is 0 Å². The molecule has 3 heterocycles. The Morgan fingerprint density at radius 3 is 2.49 bits per heavy atom. The summed E-state index contributed by atoms with van der Waals surface area (Å²) in [6.07, 6.45) is 3.73. The Balaban J connectivity index is 1.56. The molecule has 9 nitrogen and oxygen atoms in total. The van der Waals surface area contributed by atoms with Crippen LogP contribution < -0.4 is 15.0 Å². The van der Waals surface area contributed by atoms with Gasteiger partial charge in [-0.2, -0.15) is 4.31 Å². The largest absolute Gasteiger partial charge is 0.466 e. The Labute approximate surface area is 217 Å². The second-order valence-electron chi connectivity index (χ2n) is 9.85. The van der Waals surface area contributed by atoms with Crippen LogP contribution in [0.5, 0.6) is 11.5 Å². The number of sulfonamides is 1. The van der Waals surface area contributed by atoms with Crippen LogP contribution in [0.2, 0.25) is 0 Å². The SMILES string of the molecule is CCOC(=O)C1CCN(c2cc3c(cc2S(=O)(=O)N2CCCCC2)C(=O)Nc2cc(C)ccc2O3)CC1. The number of hydrogen-bond donors (Lipinski definition) is 1. The van der Waals surface area contributed by atoms with Crippen molar-refractivity contribution < 1.29 is 27.5 Å². The predicted octanol–water partition coefficient (Wildman–Crippen LogP) is 4.31. The summed E-state index contributed by atoms with van der Waals surface area (Å²) in [4.78, 5) is 27.6. The van der Waals surface area contributed by atoms with Crippen LogP contribution in [0.25, 0.3) is 0 Å². The van der Waals surface area contributed by atoms with Gasteiger partial charge in [0.25, 0.3) is 5.91 Å². The van der Waals surface area contributed by atoms with Gasteiger partial charge in [0.15, 0.2) is 5.75 Å². The molecule has 0 saturated carbocycles. The number of ether oxygens (including phenoxy) is 2. The van der Waals surface area contributed by atoms with Crippen LogP contribution in [-0.4, -0.2) is 57.4 Å². The molecule has 0 spiro atoms. The lowest BCUT2D eigenvalue weighted by molar-refractivity contribution is -0.148. The third-order valence-electron chi connectivity index (χ3n) is 7.30. The Kier molecular flexibility index (Phi) is 7.13. The third-order valence-corrected chi connectivity index (χ3v) is 9.23. The van der Waals surface area contributed by atoms with Crippen molar-refractivity contribution in [1.82, 2.24) is 4.31 Å². The molecule has 5 rings (SSSR count). The number of carbonyl (C=O) groups excluding carboxylic acids is 2. The Hall–Kier alpha value is -3.11. The molecule has 2 aromatic rings. The number of rotatable bonds is 5. The fourth-order valence-electron chi connectivity index (χ4n) is 5.26. The number of fused-ring (bicyclic) bond motifs is 2. The van der Waals surface area contributed by atoms with Gasteiger partial charge in [0.1, 0.15) is 10.6 Å². The molecule has 0 bridgehead atoms. The summed E-state index contributed by atoms with van der Waals surface area (Å²) in [6, 6.07) is 8.65. The van der Waals surface area contributed by atoms with Gasteiger partial charge in [-0.1, -0.05) is 12.5 Å². The van der Waals surface area contributed by atoms with Crippen LogP contribution in [0.15, 0.2) is 35.2 Å². The molecule has 0 radical (unpaired) electrons. The van der Waals surface area contributed by atoms with Crippen LogP contribution in [-0.2, 0) is 19.6 Å². The van der Waals surface area contributed by atoms with E-state index < -0.39 is 15.9 Å². The van der Waals surface area contributed by atoms with Crippen molar-refractivity contribution in [2.45, 2.75) is 50.8 Å². The number of esters is 1. The smallest absolute Gasteiger partial charge is 0.309 e. The van der Waals surface area contributed by atoms with Gasteiger partial charge in [-0.25, -0.2) is 8.42 Å². The van der Waals surface area contributed by atoms with Crippen LogP contribution in [0.4, 0.5) is 11.4 Å². The summed E-state index contributed by atoms with van der Waals surface area (Å²) in [5.41, 5.74) is 2.18. The molecular formula is C27H33N3O6S. The molecule has 0 aliphatic carbocycles. The van der Waals surface area contributed by atoms with Crippen molar-refractivity contribution >= 4 is 33.3 Å². The average molecular weight is 528 g/mol. The predicted molar refractivity (Wildman–Crippen MR) is 140 cm³/mol. The average Bonchev–Trinajstić information content (AvgIpc) is 3.03. The van der Waals surface area contributed by atoms with Crippen molar-refractivity contribution in [3.05, 3.63) is 41.5 Å². The zero-order chi connectivity index (χ0) is 26.2. The molecule has 0 unspecified atom stereocenters. The first-order valence-corrected chi connectivity index (χ1v) is 14.4. The molecule has 0 atom stereocenters. The van der Waals surface area contributed by atoms with E-state index in [-0.39, 0.29) is 22.3 Å². The normalized spacial score (nSPS) is 18.8. The summed E-state index contributed by atoms with van der Waals surface area (Å²) in [5.74, 6) is -0.0352. The van der Waals surface area contributed by atoms with Crippen molar-refractivity contribution in [2.24, 2.45) is 5.92 Å². The highest BCUT2D eigenvalue weighted by atomic mass is 32.2. The molecule has 2 aromatic carbocycles. The molecule has 1 N–H and O–H groups in total. The van der Waals surface area contributed by atoms with Gasteiger partial charge >= 0.3 is 5.97 Å². The monoisotopic (exact) mass is 527 g/mol. The minimum atomic E-state index is -3.86. The highest BCUT2D eigenvalue weighted by Crippen LogP contribution is 2.42. The number of piperidine rings is 2. The molecule has 1 amide bonds. The van der Waals surface area contributed by atoms with Crippen molar-refractivity contribution in [3.63, 3.8) is 0 Å². The molecule has 2 fully saturated rings. The Morgan fingerprint density at radius 2 is 1.78 bits per heavy atom. The highest BCUT2D eigenvalue weighted by molar-refractivity contribution is 7.89. The van der Waals surface area contributed by atoms with E-state index in [1.54, 1.807) is 19.1 Å². The van der Waals surface area contributed by atoms with Crippen LogP contribution >= 0.6 is 0 Å². The zero-order valence-corrected chi connectivity index (χ0v) is 22.1. The minimum Gasteiger partial charge on any atom is -0.466 e. The van der Waals surface area contributed by atoms with Gasteiger partial charge in [0, 0.05) is 32.2 Å². The molecule has 3 aliphatic heterocycles. The number of carbonyl (C=O) groups is 2. The Morgan fingerprint density at radius 1 is 1.05 bits per heavy atom. The molecule has 10 heteroatoms. The molecule has 198 valence electrons. The summed E-state index contributed by atoms with van der Waals surface area (Å²) in [6.45, 7) is 5.94. The topological polar surface area (TPSA) is 105 Å². The van der Waals surface area contributed by atoms with E-state index in [1.165, 1.54) is 10.4 Å².